The Hall–Kier alpha value is -3.22. The van der Waals surface area contributed by atoms with Crippen LogP contribution in [0.25, 0.3) is 10.1 Å². The number of fused-ring (bicyclic) bond motifs is 1. The molecule has 7 nitrogen and oxygen atoms in total. The standard InChI is InChI=1S/C20H12ClF3N4O3S2/c21-10-1-2-12(19(29)26-8-13-15(23)6-11(22)7-16(13)24)17(5-10)28-33(30,31)20-14-9-27-32-18(14)3-4-25-20/h1-7,9,28H,8H2,(H,26,29). The van der Waals surface area contributed by atoms with Gasteiger partial charge in [0, 0.05) is 35.5 Å². The lowest BCUT2D eigenvalue weighted by atomic mass is 10.1. The zero-order valence-corrected chi connectivity index (χ0v) is 18.7. The molecule has 0 unspecified atom stereocenters. The van der Waals surface area contributed by atoms with Gasteiger partial charge in [0.15, 0.2) is 5.03 Å². The molecule has 13 heteroatoms. The highest BCUT2D eigenvalue weighted by atomic mass is 35.5. The SMILES string of the molecule is O=C(NCc1c(F)cc(F)cc1F)c1ccc(Cl)cc1NS(=O)(=O)c1nccc2sncc12. The Morgan fingerprint density at radius 2 is 1.82 bits per heavy atom. The van der Waals surface area contributed by atoms with Crippen molar-refractivity contribution in [2.45, 2.75) is 11.6 Å². The number of hydrogen-bond acceptors (Lipinski definition) is 6. The first-order chi connectivity index (χ1) is 15.7. The highest BCUT2D eigenvalue weighted by molar-refractivity contribution is 7.92. The Morgan fingerprint density at radius 3 is 2.55 bits per heavy atom. The predicted molar refractivity (Wildman–Crippen MR) is 117 cm³/mol. The van der Waals surface area contributed by atoms with Crippen LogP contribution in [0.3, 0.4) is 0 Å². The number of halogens is 4. The van der Waals surface area contributed by atoms with Crippen LogP contribution in [0.2, 0.25) is 5.02 Å². The van der Waals surface area contributed by atoms with Crippen LogP contribution in [0.15, 0.2) is 53.8 Å². The summed E-state index contributed by atoms with van der Waals surface area (Å²) in [6.45, 7) is -0.604. The highest BCUT2D eigenvalue weighted by Gasteiger charge is 2.23. The summed E-state index contributed by atoms with van der Waals surface area (Å²) >= 11 is 7.07. The van der Waals surface area contributed by atoms with Crippen molar-refractivity contribution in [2.75, 3.05) is 4.72 Å². The Balaban J connectivity index is 1.63. The molecule has 0 fully saturated rings. The highest BCUT2D eigenvalue weighted by Crippen LogP contribution is 2.28. The topological polar surface area (TPSA) is 101 Å². The molecule has 0 radical (unpaired) electrons. The van der Waals surface area contributed by atoms with Gasteiger partial charge in [0.2, 0.25) is 0 Å². The van der Waals surface area contributed by atoms with Crippen LogP contribution >= 0.6 is 23.1 Å². The van der Waals surface area contributed by atoms with Gasteiger partial charge in [0.25, 0.3) is 15.9 Å². The Kier molecular flexibility index (Phi) is 6.23. The van der Waals surface area contributed by atoms with Crippen LogP contribution < -0.4 is 10.0 Å². The number of nitrogens with one attached hydrogen (secondary N) is 2. The van der Waals surface area contributed by atoms with Crippen molar-refractivity contribution in [1.29, 1.82) is 0 Å². The van der Waals surface area contributed by atoms with Gasteiger partial charge in [0.1, 0.15) is 17.5 Å². The van der Waals surface area contributed by atoms with Gasteiger partial charge in [-0.3, -0.25) is 9.52 Å². The fraction of sp³-hybridized carbons (Fsp3) is 0.0500. The second-order valence-corrected chi connectivity index (χ2v) is 9.55. The number of aromatic nitrogens is 2. The Morgan fingerprint density at radius 1 is 1.09 bits per heavy atom. The quantitative estimate of drug-likeness (QED) is 0.396. The number of carbonyl (C=O) groups excluding carboxylic acids is 1. The van der Waals surface area contributed by atoms with Crippen LogP contribution in [0.4, 0.5) is 18.9 Å². The van der Waals surface area contributed by atoms with Crippen LogP contribution in [0, 0.1) is 17.5 Å². The molecule has 0 aliphatic carbocycles. The number of nitrogens with zero attached hydrogens (tertiary/aromatic N) is 2. The van der Waals surface area contributed by atoms with Gasteiger partial charge in [-0.1, -0.05) is 11.6 Å². The van der Waals surface area contributed by atoms with Gasteiger partial charge < -0.3 is 5.32 Å². The van der Waals surface area contributed by atoms with E-state index in [-0.39, 0.29) is 21.3 Å². The van der Waals surface area contributed by atoms with Crippen molar-refractivity contribution in [3.05, 3.63) is 82.4 Å². The molecule has 2 aromatic heterocycles. The maximum absolute atomic E-state index is 13.9. The first-order valence-electron chi connectivity index (χ1n) is 9.09. The second-order valence-electron chi connectivity index (χ2n) is 6.68. The molecule has 2 aromatic carbocycles. The number of carbonyl (C=O) groups is 1. The molecule has 0 atom stereocenters. The normalized spacial score (nSPS) is 11.5. The van der Waals surface area contributed by atoms with Crippen molar-refractivity contribution in [3.63, 3.8) is 0 Å². The minimum Gasteiger partial charge on any atom is -0.348 e. The predicted octanol–water partition coefficient (Wildman–Crippen LogP) is 4.49. The summed E-state index contributed by atoms with van der Waals surface area (Å²) in [6.07, 6.45) is 2.67. The van der Waals surface area contributed by atoms with E-state index >= 15 is 0 Å². The summed E-state index contributed by atoms with van der Waals surface area (Å²) in [5.74, 6) is -4.29. The average Bonchev–Trinajstić information content (AvgIpc) is 3.21. The number of anilines is 1. The van der Waals surface area contributed by atoms with Gasteiger partial charge in [-0.15, -0.1) is 0 Å². The van der Waals surface area contributed by atoms with E-state index in [9.17, 15) is 26.4 Å². The largest absolute Gasteiger partial charge is 0.348 e. The third kappa shape index (κ3) is 4.77. The van der Waals surface area contributed by atoms with Gasteiger partial charge in [0.05, 0.1) is 27.5 Å². The van der Waals surface area contributed by atoms with E-state index in [1.807, 2.05) is 0 Å². The van der Waals surface area contributed by atoms with E-state index in [0.29, 0.717) is 22.2 Å². The second kappa shape index (κ2) is 8.96. The number of pyridine rings is 1. The zero-order chi connectivity index (χ0) is 23.8. The third-order valence-electron chi connectivity index (χ3n) is 4.50. The molecule has 4 aromatic rings. The van der Waals surface area contributed by atoms with Crippen molar-refractivity contribution < 1.29 is 26.4 Å². The molecule has 0 aliphatic rings. The van der Waals surface area contributed by atoms with E-state index in [4.69, 9.17) is 11.6 Å². The van der Waals surface area contributed by atoms with Crippen molar-refractivity contribution in [1.82, 2.24) is 14.7 Å². The van der Waals surface area contributed by atoms with Crippen LogP contribution in [0.5, 0.6) is 0 Å². The number of benzene rings is 2. The Bertz CT molecular complexity index is 1470. The number of sulfonamides is 1. The van der Waals surface area contributed by atoms with Crippen molar-refractivity contribution in [2.24, 2.45) is 0 Å². The molecule has 2 heterocycles. The van der Waals surface area contributed by atoms with Crippen LogP contribution in [-0.2, 0) is 16.6 Å². The van der Waals surface area contributed by atoms with Gasteiger partial charge in [-0.25, -0.2) is 18.2 Å². The van der Waals surface area contributed by atoms with E-state index < -0.39 is 45.5 Å². The fourth-order valence-electron chi connectivity index (χ4n) is 2.98. The molecule has 0 saturated carbocycles. The molecule has 0 aliphatic heterocycles. The summed E-state index contributed by atoms with van der Waals surface area (Å²) < 4.78 is 73.6. The molecule has 0 saturated heterocycles. The molecule has 33 heavy (non-hydrogen) atoms. The average molecular weight is 513 g/mol. The molecular formula is C20H12ClF3N4O3S2. The minimum absolute atomic E-state index is 0.128. The van der Waals surface area contributed by atoms with E-state index in [2.05, 4.69) is 19.4 Å². The van der Waals surface area contributed by atoms with E-state index in [1.165, 1.54) is 30.6 Å². The summed E-state index contributed by atoms with van der Waals surface area (Å²) in [7, 11) is -4.26. The molecule has 0 spiro atoms. The molecule has 1 amide bonds. The summed E-state index contributed by atoms with van der Waals surface area (Å²) in [6, 6.07) is 6.37. The maximum atomic E-state index is 13.9. The number of amides is 1. The summed E-state index contributed by atoms with van der Waals surface area (Å²) in [5, 5.41) is 2.41. The van der Waals surface area contributed by atoms with Crippen LogP contribution in [0.1, 0.15) is 15.9 Å². The molecular weight excluding hydrogens is 501 g/mol. The number of rotatable bonds is 6. The zero-order valence-electron chi connectivity index (χ0n) is 16.3. The number of hydrogen-bond donors (Lipinski definition) is 2. The monoisotopic (exact) mass is 512 g/mol. The van der Waals surface area contributed by atoms with Crippen molar-refractivity contribution >= 4 is 54.8 Å². The molecule has 0 bridgehead atoms. The third-order valence-corrected chi connectivity index (χ3v) is 6.82. The summed E-state index contributed by atoms with van der Waals surface area (Å²) in [4.78, 5) is 16.6. The smallest absolute Gasteiger partial charge is 0.280 e. The van der Waals surface area contributed by atoms with Crippen LogP contribution in [-0.4, -0.2) is 23.7 Å². The maximum Gasteiger partial charge on any atom is 0.280 e. The first-order valence-corrected chi connectivity index (χ1v) is 11.7. The molecule has 2 N–H and O–H groups in total. The van der Waals surface area contributed by atoms with E-state index in [0.717, 1.165) is 11.5 Å². The molecule has 4 rings (SSSR count). The van der Waals surface area contributed by atoms with Gasteiger partial charge in [-0.2, -0.15) is 12.8 Å². The lowest BCUT2D eigenvalue weighted by molar-refractivity contribution is 0.0951. The lowest BCUT2D eigenvalue weighted by Gasteiger charge is -2.14. The Labute approximate surface area is 194 Å². The van der Waals surface area contributed by atoms with Crippen molar-refractivity contribution in [3.8, 4) is 0 Å². The van der Waals surface area contributed by atoms with E-state index in [1.54, 1.807) is 6.07 Å². The van der Waals surface area contributed by atoms with Gasteiger partial charge in [-0.05, 0) is 35.8 Å². The van der Waals surface area contributed by atoms with Gasteiger partial charge >= 0.3 is 0 Å². The minimum atomic E-state index is -4.26. The first kappa shape index (κ1) is 23.0. The summed E-state index contributed by atoms with van der Waals surface area (Å²) in [5.41, 5.74) is -0.898. The lowest BCUT2D eigenvalue weighted by Crippen LogP contribution is -2.26. The molecule has 170 valence electrons. The fourth-order valence-corrected chi connectivity index (χ4v) is 5.07.